The number of carbonyl (C=O) groups is 1. The van der Waals surface area contributed by atoms with Crippen LogP contribution in [-0.4, -0.2) is 10.9 Å². The first kappa shape index (κ1) is 15.5. The second-order valence-corrected chi connectivity index (χ2v) is 7.93. The molecular formula is C16H13BrN2OS2. The van der Waals surface area contributed by atoms with Gasteiger partial charge < -0.3 is 5.32 Å². The number of fused-ring (bicyclic) bond motifs is 1. The molecule has 0 unspecified atom stereocenters. The zero-order valence-corrected chi connectivity index (χ0v) is 15.0. The fourth-order valence-corrected chi connectivity index (χ4v) is 4.30. The van der Waals surface area contributed by atoms with Gasteiger partial charge in [-0.15, -0.1) is 11.3 Å². The lowest BCUT2D eigenvalue weighted by molar-refractivity contribution is -0.114. The van der Waals surface area contributed by atoms with Crippen LogP contribution in [0.2, 0.25) is 0 Å². The summed E-state index contributed by atoms with van der Waals surface area (Å²) in [6, 6.07) is 14.1. The Morgan fingerprint density at radius 1 is 1.27 bits per heavy atom. The molecular weight excluding hydrogens is 380 g/mol. The quantitative estimate of drug-likeness (QED) is 0.611. The normalized spacial score (nSPS) is 10.8. The summed E-state index contributed by atoms with van der Waals surface area (Å²) in [5.74, 6) is 0.833. The van der Waals surface area contributed by atoms with Crippen LogP contribution in [0.4, 0.5) is 5.69 Å². The Kier molecular flexibility index (Phi) is 4.81. The summed E-state index contributed by atoms with van der Waals surface area (Å²) < 4.78 is 3.22. The smallest absolute Gasteiger partial charge is 0.221 e. The molecule has 22 heavy (non-hydrogen) atoms. The molecule has 3 aromatic rings. The van der Waals surface area contributed by atoms with E-state index in [9.17, 15) is 4.79 Å². The maximum atomic E-state index is 11.1. The van der Waals surface area contributed by atoms with Gasteiger partial charge in [0, 0.05) is 22.8 Å². The predicted molar refractivity (Wildman–Crippen MR) is 97.6 cm³/mol. The summed E-state index contributed by atoms with van der Waals surface area (Å²) in [6.07, 6.45) is 0. The number of thioether (sulfide) groups is 1. The first-order chi connectivity index (χ1) is 10.6. The second kappa shape index (κ2) is 6.81. The van der Waals surface area contributed by atoms with Gasteiger partial charge in [0.05, 0.1) is 10.2 Å². The fourth-order valence-electron chi connectivity index (χ4n) is 1.97. The van der Waals surface area contributed by atoms with Crippen molar-refractivity contribution in [3.63, 3.8) is 0 Å². The number of hydrogen-bond donors (Lipinski definition) is 1. The third-order valence-corrected chi connectivity index (χ3v) is 5.73. The molecule has 3 rings (SSSR count). The number of aromatic nitrogens is 1. The Balaban J connectivity index is 1.74. The molecule has 0 bridgehead atoms. The first-order valence-corrected chi connectivity index (χ1v) is 9.25. The molecule has 0 aliphatic carbocycles. The maximum Gasteiger partial charge on any atom is 0.221 e. The predicted octanol–water partition coefficient (Wildman–Crippen LogP) is 5.31. The van der Waals surface area contributed by atoms with E-state index in [1.165, 1.54) is 12.5 Å². The van der Waals surface area contributed by atoms with Crippen LogP contribution in [0.5, 0.6) is 0 Å². The lowest BCUT2D eigenvalue weighted by atomic mass is 10.2. The number of halogens is 1. The van der Waals surface area contributed by atoms with Gasteiger partial charge in [-0.25, -0.2) is 4.98 Å². The molecule has 0 saturated carbocycles. The van der Waals surface area contributed by atoms with Crippen LogP contribution in [0, 0.1) is 0 Å². The number of rotatable bonds is 4. The molecule has 112 valence electrons. The number of thiazole rings is 1. The van der Waals surface area contributed by atoms with E-state index in [-0.39, 0.29) is 5.91 Å². The molecule has 3 nitrogen and oxygen atoms in total. The molecule has 1 amide bonds. The molecule has 6 heteroatoms. The summed E-state index contributed by atoms with van der Waals surface area (Å²) >= 11 is 6.82. The maximum absolute atomic E-state index is 11.1. The number of nitrogens with zero attached hydrogens (tertiary/aromatic N) is 1. The van der Waals surface area contributed by atoms with Crippen LogP contribution in [0.15, 0.2) is 51.3 Å². The Labute approximate surface area is 145 Å². The van der Waals surface area contributed by atoms with Crippen molar-refractivity contribution in [1.82, 2.24) is 4.98 Å². The van der Waals surface area contributed by atoms with E-state index in [0.29, 0.717) is 0 Å². The Hall–Kier alpha value is -1.37. The number of benzene rings is 2. The van der Waals surface area contributed by atoms with E-state index in [2.05, 4.69) is 38.4 Å². The van der Waals surface area contributed by atoms with Gasteiger partial charge >= 0.3 is 0 Å². The minimum Gasteiger partial charge on any atom is -0.326 e. The average molecular weight is 393 g/mol. The molecule has 0 saturated heterocycles. The van der Waals surface area contributed by atoms with E-state index in [1.807, 2.05) is 30.3 Å². The van der Waals surface area contributed by atoms with Gasteiger partial charge in [-0.3, -0.25) is 4.79 Å². The van der Waals surface area contributed by atoms with E-state index < -0.39 is 0 Å². The van der Waals surface area contributed by atoms with Crippen LogP contribution < -0.4 is 5.32 Å². The van der Waals surface area contributed by atoms with E-state index in [1.54, 1.807) is 23.1 Å². The van der Waals surface area contributed by atoms with Crippen molar-refractivity contribution in [2.75, 3.05) is 5.32 Å². The molecule has 2 aromatic carbocycles. The summed E-state index contributed by atoms with van der Waals surface area (Å²) in [5, 5.41) is 2.80. The third kappa shape index (κ3) is 3.88. The van der Waals surface area contributed by atoms with Crippen LogP contribution >= 0.6 is 39.0 Å². The molecule has 0 fully saturated rings. The monoisotopic (exact) mass is 392 g/mol. The lowest BCUT2D eigenvalue weighted by Crippen LogP contribution is -2.05. The molecule has 0 atom stereocenters. The molecule has 0 aliphatic heterocycles. The Morgan fingerprint density at radius 2 is 2.05 bits per heavy atom. The molecule has 0 spiro atoms. The number of amides is 1. The zero-order valence-electron chi connectivity index (χ0n) is 11.8. The molecule has 0 aliphatic rings. The second-order valence-electron chi connectivity index (χ2n) is 4.76. The molecule has 1 aromatic heterocycles. The van der Waals surface area contributed by atoms with Gasteiger partial charge in [0.25, 0.3) is 0 Å². The number of anilines is 1. The minimum absolute atomic E-state index is 0.0614. The van der Waals surface area contributed by atoms with Gasteiger partial charge in [0.2, 0.25) is 5.91 Å². The van der Waals surface area contributed by atoms with Gasteiger partial charge in [-0.2, -0.15) is 0 Å². The van der Waals surface area contributed by atoms with Crippen molar-refractivity contribution in [3.8, 4) is 0 Å². The van der Waals surface area contributed by atoms with Gasteiger partial charge in [-0.05, 0) is 35.9 Å². The van der Waals surface area contributed by atoms with Crippen molar-refractivity contribution in [3.05, 3.63) is 52.5 Å². The largest absolute Gasteiger partial charge is 0.326 e. The lowest BCUT2D eigenvalue weighted by Gasteiger charge is -1.99. The number of hydrogen-bond acceptors (Lipinski definition) is 4. The van der Waals surface area contributed by atoms with Gasteiger partial charge in [0.15, 0.2) is 4.34 Å². The highest BCUT2D eigenvalue weighted by Gasteiger charge is 2.06. The van der Waals surface area contributed by atoms with Crippen molar-refractivity contribution in [2.45, 2.75) is 17.0 Å². The fraction of sp³-hybridized carbons (Fsp3) is 0.125. The average Bonchev–Trinajstić information content (AvgIpc) is 2.88. The van der Waals surface area contributed by atoms with E-state index in [4.69, 9.17) is 0 Å². The van der Waals surface area contributed by atoms with E-state index in [0.717, 1.165) is 30.5 Å². The highest BCUT2D eigenvalue weighted by Crippen LogP contribution is 2.33. The highest BCUT2D eigenvalue weighted by molar-refractivity contribution is 9.10. The van der Waals surface area contributed by atoms with Crippen LogP contribution in [0.3, 0.4) is 0 Å². The van der Waals surface area contributed by atoms with Gasteiger partial charge in [0.1, 0.15) is 0 Å². The van der Waals surface area contributed by atoms with E-state index >= 15 is 0 Å². The minimum atomic E-state index is -0.0614. The summed E-state index contributed by atoms with van der Waals surface area (Å²) in [7, 11) is 0. The molecule has 1 N–H and O–H groups in total. The SMILES string of the molecule is CC(=O)Nc1ccc2nc(SCc3ccc(Br)cc3)sc2c1. The third-order valence-electron chi connectivity index (χ3n) is 2.96. The van der Waals surface area contributed by atoms with Crippen LogP contribution in [0.25, 0.3) is 10.2 Å². The van der Waals surface area contributed by atoms with Crippen molar-refractivity contribution in [1.29, 1.82) is 0 Å². The van der Waals surface area contributed by atoms with Crippen LogP contribution in [0.1, 0.15) is 12.5 Å². The standard InChI is InChI=1S/C16H13BrN2OS2/c1-10(20)18-13-6-7-14-15(8-13)22-16(19-14)21-9-11-2-4-12(17)5-3-11/h2-8H,9H2,1H3,(H,18,20). The van der Waals surface area contributed by atoms with Crippen molar-refractivity contribution in [2.24, 2.45) is 0 Å². The molecule has 1 heterocycles. The Bertz CT molecular complexity index is 815. The van der Waals surface area contributed by atoms with Crippen LogP contribution in [-0.2, 0) is 10.5 Å². The first-order valence-electron chi connectivity index (χ1n) is 6.65. The Morgan fingerprint density at radius 3 is 2.77 bits per heavy atom. The van der Waals surface area contributed by atoms with Crippen molar-refractivity contribution >= 4 is 60.8 Å². The zero-order chi connectivity index (χ0) is 15.5. The summed E-state index contributed by atoms with van der Waals surface area (Å²) in [4.78, 5) is 15.7. The summed E-state index contributed by atoms with van der Waals surface area (Å²) in [6.45, 7) is 1.51. The molecule has 0 radical (unpaired) electrons. The highest BCUT2D eigenvalue weighted by atomic mass is 79.9. The van der Waals surface area contributed by atoms with Crippen molar-refractivity contribution < 1.29 is 4.79 Å². The number of nitrogens with one attached hydrogen (secondary N) is 1. The topological polar surface area (TPSA) is 42.0 Å². The summed E-state index contributed by atoms with van der Waals surface area (Å²) in [5.41, 5.74) is 3.05. The van der Waals surface area contributed by atoms with Gasteiger partial charge in [-0.1, -0.05) is 39.8 Å². The number of carbonyl (C=O) groups excluding carboxylic acids is 1.